The fourth-order valence-electron chi connectivity index (χ4n) is 2.05. The fourth-order valence-corrected chi connectivity index (χ4v) is 2.05. The zero-order valence-corrected chi connectivity index (χ0v) is 9.37. The van der Waals surface area contributed by atoms with E-state index in [4.69, 9.17) is 0 Å². The Bertz CT molecular complexity index is 276. The first-order valence-electron chi connectivity index (χ1n) is 5.83. The van der Waals surface area contributed by atoms with Crippen LogP contribution in [0, 0.1) is 0 Å². The van der Waals surface area contributed by atoms with Gasteiger partial charge in [0.1, 0.15) is 0 Å². The van der Waals surface area contributed by atoms with E-state index in [1.54, 1.807) is 4.90 Å². The topological polar surface area (TPSA) is 64.7 Å². The van der Waals surface area contributed by atoms with Crippen LogP contribution in [0.2, 0.25) is 0 Å². The molecule has 2 aliphatic heterocycles. The highest BCUT2D eigenvalue weighted by Gasteiger charge is 2.20. The number of nitrogens with one attached hydrogen (secondary N) is 2. The first-order chi connectivity index (χ1) is 7.77. The van der Waals surface area contributed by atoms with Crippen molar-refractivity contribution in [1.29, 1.82) is 0 Å². The first-order valence-corrected chi connectivity index (χ1v) is 5.83. The van der Waals surface area contributed by atoms with Gasteiger partial charge in [-0.2, -0.15) is 0 Å². The van der Waals surface area contributed by atoms with E-state index in [1.165, 1.54) is 0 Å². The van der Waals surface area contributed by atoms with Crippen LogP contribution in [0.25, 0.3) is 0 Å². The van der Waals surface area contributed by atoms with Crippen molar-refractivity contribution >= 4 is 12.1 Å². The second-order valence-corrected chi connectivity index (χ2v) is 4.15. The third kappa shape index (κ3) is 2.56. The minimum absolute atomic E-state index is 0.00268. The lowest BCUT2D eigenvalue weighted by atomic mass is 10.4. The maximum absolute atomic E-state index is 11.6. The third-order valence-electron chi connectivity index (χ3n) is 3.00. The minimum Gasteiger partial charge on any atom is -0.336 e. The van der Waals surface area contributed by atoms with Gasteiger partial charge < -0.3 is 20.4 Å². The molecule has 2 rings (SSSR count). The molecule has 0 unspecified atom stereocenters. The van der Waals surface area contributed by atoms with E-state index in [0.717, 1.165) is 32.5 Å². The van der Waals surface area contributed by atoms with Crippen LogP contribution in [0.5, 0.6) is 0 Å². The monoisotopic (exact) mass is 226 g/mol. The zero-order chi connectivity index (χ0) is 11.4. The van der Waals surface area contributed by atoms with Crippen LogP contribution in [0.4, 0.5) is 9.59 Å². The fraction of sp³-hybridized carbons (Fsp3) is 0.800. The standard InChI is InChI=1S/C10H18N4O2/c15-9(13-5-1-2-6-13)11-3-7-14-8-4-12-10(14)16/h1-8H2,(H,11,15)(H,12,16). The molecule has 0 atom stereocenters. The van der Waals surface area contributed by atoms with Crippen molar-refractivity contribution in [2.24, 2.45) is 0 Å². The largest absolute Gasteiger partial charge is 0.336 e. The molecule has 0 radical (unpaired) electrons. The molecule has 6 nitrogen and oxygen atoms in total. The average Bonchev–Trinajstić information content (AvgIpc) is 2.90. The minimum atomic E-state index is -0.0320. The van der Waals surface area contributed by atoms with E-state index >= 15 is 0 Å². The Morgan fingerprint density at radius 3 is 2.69 bits per heavy atom. The van der Waals surface area contributed by atoms with E-state index in [1.807, 2.05) is 4.90 Å². The third-order valence-corrected chi connectivity index (χ3v) is 3.00. The van der Waals surface area contributed by atoms with Crippen molar-refractivity contribution in [1.82, 2.24) is 20.4 Å². The van der Waals surface area contributed by atoms with Crippen LogP contribution in [0.1, 0.15) is 12.8 Å². The van der Waals surface area contributed by atoms with E-state index < -0.39 is 0 Å². The molecule has 2 aliphatic rings. The lowest BCUT2D eigenvalue weighted by Gasteiger charge is -2.18. The molecule has 0 aromatic heterocycles. The molecule has 6 heteroatoms. The number of urea groups is 2. The Labute approximate surface area is 95.0 Å². The predicted molar refractivity (Wildman–Crippen MR) is 59.2 cm³/mol. The summed E-state index contributed by atoms with van der Waals surface area (Å²) in [5, 5.41) is 5.56. The molecule has 0 bridgehead atoms. The van der Waals surface area contributed by atoms with Crippen LogP contribution in [0.3, 0.4) is 0 Å². The molecule has 0 spiro atoms. The van der Waals surface area contributed by atoms with Gasteiger partial charge in [-0.25, -0.2) is 9.59 Å². The van der Waals surface area contributed by atoms with Crippen molar-refractivity contribution in [3.8, 4) is 0 Å². The zero-order valence-electron chi connectivity index (χ0n) is 9.37. The summed E-state index contributed by atoms with van der Waals surface area (Å²) in [5.74, 6) is 0. The van der Waals surface area contributed by atoms with Crippen molar-refractivity contribution in [3.63, 3.8) is 0 Å². The number of nitrogens with zero attached hydrogens (tertiary/aromatic N) is 2. The van der Waals surface area contributed by atoms with Crippen molar-refractivity contribution in [2.45, 2.75) is 12.8 Å². The Morgan fingerprint density at radius 1 is 1.31 bits per heavy atom. The Morgan fingerprint density at radius 2 is 2.06 bits per heavy atom. The molecule has 2 heterocycles. The Hall–Kier alpha value is -1.46. The lowest BCUT2D eigenvalue weighted by molar-refractivity contribution is 0.203. The highest BCUT2D eigenvalue weighted by Crippen LogP contribution is 2.06. The van der Waals surface area contributed by atoms with Crippen LogP contribution in [-0.2, 0) is 0 Å². The molecule has 2 saturated heterocycles. The highest BCUT2D eigenvalue weighted by molar-refractivity contribution is 5.76. The van der Waals surface area contributed by atoms with Crippen LogP contribution >= 0.6 is 0 Å². The molecule has 2 fully saturated rings. The maximum Gasteiger partial charge on any atom is 0.317 e. The quantitative estimate of drug-likeness (QED) is 0.701. The number of carbonyl (C=O) groups excluding carboxylic acids is 2. The van der Waals surface area contributed by atoms with Gasteiger partial charge >= 0.3 is 12.1 Å². The summed E-state index contributed by atoms with van der Waals surface area (Å²) in [7, 11) is 0. The number of likely N-dealkylation sites (tertiary alicyclic amines) is 1. The van der Waals surface area contributed by atoms with Gasteiger partial charge in [-0.3, -0.25) is 0 Å². The van der Waals surface area contributed by atoms with Crippen LogP contribution < -0.4 is 10.6 Å². The van der Waals surface area contributed by atoms with Crippen molar-refractivity contribution in [2.75, 3.05) is 39.3 Å². The normalized spacial score (nSPS) is 20.1. The van der Waals surface area contributed by atoms with Crippen molar-refractivity contribution in [3.05, 3.63) is 0 Å². The summed E-state index contributed by atoms with van der Waals surface area (Å²) in [6, 6.07) is -0.0347. The number of amides is 4. The van der Waals surface area contributed by atoms with Gasteiger partial charge in [0.15, 0.2) is 0 Å². The van der Waals surface area contributed by atoms with Gasteiger partial charge in [0.05, 0.1) is 0 Å². The van der Waals surface area contributed by atoms with Gasteiger partial charge in [-0.05, 0) is 12.8 Å². The molecular weight excluding hydrogens is 208 g/mol. The van der Waals surface area contributed by atoms with Gasteiger partial charge in [0, 0.05) is 39.3 Å². The summed E-state index contributed by atoms with van der Waals surface area (Å²) < 4.78 is 0. The van der Waals surface area contributed by atoms with Crippen molar-refractivity contribution < 1.29 is 9.59 Å². The summed E-state index contributed by atoms with van der Waals surface area (Å²) in [6.45, 7) is 4.28. The molecule has 90 valence electrons. The van der Waals surface area contributed by atoms with Crippen LogP contribution in [-0.4, -0.2) is 61.1 Å². The molecule has 2 N–H and O–H groups in total. The summed E-state index contributed by atoms with van der Waals surface area (Å²) >= 11 is 0. The van der Waals surface area contributed by atoms with Gasteiger partial charge in [-0.15, -0.1) is 0 Å². The second-order valence-electron chi connectivity index (χ2n) is 4.15. The molecule has 0 saturated carbocycles. The van der Waals surface area contributed by atoms with Gasteiger partial charge in [0.25, 0.3) is 0 Å². The predicted octanol–water partition coefficient (Wildman–Crippen LogP) is -0.183. The van der Waals surface area contributed by atoms with E-state index in [-0.39, 0.29) is 12.1 Å². The Kier molecular flexibility index (Phi) is 3.48. The number of rotatable bonds is 3. The number of hydrogen-bond acceptors (Lipinski definition) is 2. The molecule has 0 aromatic rings. The van der Waals surface area contributed by atoms with E-state index in [9.17, 15) is 9.59 Å². The summed E-state index contributed by atoms with van der Waals surface area (Å²) in [5.41, 5.74) is 0. The molecule has 16 heavy (non-hydrogen) atoms. The molecule has 4 amide bonds. The van der Waals surface area contributed by atoms with Gasteiger partial charge in [-0.1, -0.05) is 0 Å². The van der Waals surface area contributed by atoms with Crippen LogP contribution in [0.15, 0.2) is 0 Å². The molecular formula is C10H18N4O2. The Balaban J connectivity index is 1.63. The SMILES string of the molecule is O=C(NCCN1CCNC1=O)N1CCCC1. The molecule has 0 aliphatic carbocycles. The molecule has 0 aromatic carbocycles. The highest BCUT2D eigenvalue weighted by atomic mass is 16.2. The number of hydrogen-bond donors (Lipinski definition) is 2. The summed E-state index contributed by atoms with van der Waals surface area (Å²) in [4.78, 5) is 26.3. The van der Waals surface area contributed by atoms with Gasteiger partial charge in [0.2, 0.25) is 0 Å². The first kappa shape index (κ1) is 11.0. The average molecular weight is 226 g/mol. The number of carbonyl (C=O) groups is 2. The second kappa shape index (κ2) is 5.05. The van der Waals surface area contributed by atoms with E-state index in [2.05, 4.69) is 10.6 Å². The lowest BCUT2D eigenvalue weighted by Crippen LogP contribution is -2.42. The summed E-state index contributed by atoms with van der Waals surface area (Å²) in [6.07, 6.45) is 2.20. The van der Waals surface area contributed by atoms with E-state index in [0.29, 0.717) is 19.6 Å². The maximum atomic E-state index is 11.6. The smallest absolute Gasteiger partial charge is 0.317 e.